The van der Waals surface area contributed by atoms with Crippen LogP contribution in [0.2, 0.25) is 0 Å². The lowest BCUT2D eigenvalue weighted by molar-refractivity contribution is -0.130. The Bertz CT molecular complexity index is 783. The molecule has 2 aromatic heterocycles. The number of rotatable bonds is 3. The van der Waals surface area contributed by atoms with Gasteiger partial charge >= 0.3 is 0 Å². The molecule has 0 aliphatic carbocycles. The zero-order chi connectivity index (χ0) is 16.3. The standard InChI is InChI=1S/C18H22N4O2/c1-21-16(20-13-3-2-8-19-18(13)21)6-7-17(23)22-9-11-12(10-22)15-5-4-14(11)24-15/h2-3,8,11-12,14-15H,4-7,9-10H2,1H3/t11-,12+,14+,15-. The molecule has 5 rings (SSSR count). The summed E-state index contributed by atoms with van der Waals surface area (Å²) in [5, 5.41) is 0. The normalized spacial score (nSPS) is 31.1. The van der Waals surface area contributed by atoms with E-state index in [0.29, 0.717) is 36.9 Å². The maximum Gasteiger partial charge on any atom is 0.223 e. The fourth-order valence-electron chi connectivity index (χ4n) is 4.83. The largest absolute Gasteiger partial charge is 0.374 e. The van der Waals surface area contributed by atoms with Crippen LogP contribution in [0.25, 0.3) is 11.2 Å². The van der Waals surface area contributed by atoms with Crippen molar-refractivity contribution >= 4 is 17.1 Å². The van der Waals surface area contributed by atoms with Crippen molar-refractivity contribution < 1.29 is 9.53 Å². The van der Waals surface area contributed by atoms with Gasteiger partial charge in [0.1, 0.15) is 11.3 Å². The smallest absolute Gasteiger partial charge is 0.223 e. The predicted molar refractivity (Wildman–Crippen MR) is 88.3 cm³/mol. The van der Waals surface area contributed by atoms with Gasteiger partial charge < -0.3 is 14.2 Å². The lowest BCUT2D eigenvalue weighted by atomic mass is 9.82. The molecule has 0 spiro atoms. The van der Waals surface area contributed by atoms with Crippen molar-refractivity contribution in [1.29, 1.82) is 0 Å². The van der Waals surface area contributed by atoms with Crippen LogP contribution >= 0.6 is 0 Å². The van der Waals surface area contributed by atoms with Crippen molar-refractivity contribution in [2.24, 2.45) is 18.9 Å². The summed E-state index contributed by atoms with van der Waals surface area (Å²) >= 11 is 0. The zero-order valence-corrected chi connectivity index (χ0v) is 13.9. The molecule has 3 aliphatic rings. The van der Waals surface area contributed by atoms with Crippen molar-refractivity contribution in [2.75, 3.05) is 13.1 Å². The first kappa shape index (κ1) is 14.4. The number of imidazole rings is 1. The molecule has 0 saturated carbocycles. The summed E-state index contributed by atoms with van der Waals surface area (Å²) < 4.78 is 7.98. The summed E-state index contributed by atoms with van der Waals surface area (Å²) in [5.41, 5.74) is 1.77. The van der Waals surface area contributed by atoms with E-state index >= 15 is 0 Å². The van der Waals surface area contributed by atoms with Gasteiger partial charge in [0.15, 0.2) is 5.65 Å². The molecule has 6 heteroatoms. The molecule has 0 unspecified atom stereocenters. The summed E-state index contributed by atoms with van der Waals surface area (Å²) in [5.74, 6) is 2.34. The SMILES string of the molecule is Cn1c(CCC(=O)N2C[C@@H]3[C@H](C2)[C@H]2CC[C@@H]3O2)nc2cccnc21. The molecule has 1 amide bonds. The first-order valence-corrected chi connectivity index (χ1v) is 8.90. The van der Waals surface area contributed by atoms with Gasteiger partial charge in [-0.25, -0.2) is 9.97 Å². The topological polar surface area (TPSA) is 60.2 Å². The lowest BCUT2D eigenvalue weighted by Crippen LogP contribution is -2.31. The molecule has 2 aromatic rings. The molecule has 2 bridgehead atoms. The van der Waals surface area contributed by atoms with Crippen LogP contribution in [0.4, 0.5) is 0 Å². The third-order valence-corrected chi connectivity index (χ3v) is 6.09. The highest BCUT2D eigenvalue weighted by atomic mass is 16.5. The van der Waals surface area contributed by atoms with Crippen LogP contribution in [0, 0.1) is 11.8 Å². The Morgan fingerprint density at radius 3 is 2.75 bits per heavy atom. The van der Waals surface area contributed by atoms with Gasteiger partial charge in [-0.05, 0) is 25.0 Å². The number of carbonyl (C=O) groups is 1. The molecule has 0 aromatic carbocycles. The molecular weight excluding hydrogens is 304 g/mol. The van der Waals surface area contributed by atoms with Gasteiger partial charge in [-0.2, -0.15) is 0 Å². The Morgan fingerprint density at radius 2 is 2.04 bits per heavy atom. The van der Waals surface area contributed by atoms with E-state index < -0.39 is 0 Å². The second kappa shape index (κ2) is 5.28. The molecule has 6 nitrogen and oxygen atoms in total. The number of hydrogen-bond donors (Lipinski definition) is 0. The molecule has 4 atom stereocenters. The van der Waals surface area contributed by atoms with Crippen molar-refractivity contribution in [3.8, 4) is 0 Å². The van der Waals surface area contributed by atoms with Gasteiger partial charge in [0.2, 0.25) is 5.91 Å². The molecular formula is C18H22N4O2. The van der Waals surface area contributed by atoms with Crippen LogP contribution in [0.15, 0.2) is 18.3 Å². The summed E-state index contributed by atoms with van der Waals surface area (Å²) in [6.45, 7) is 1.77. The number of likely N-dealkylation sites (tertiary alicyclic amines) is 1. The minimum absolute atomic E-state index is 0.254. The highest BCUT2D eigenvalue weighted by molar-refractivity contribution is 5.77. The maximum absolute atomic E-state index is 12.6. The van der Waals surface area contributed by atoms with Gasteiger partial charge in [-0.1, -0.05) is 0 Å². The van der Waals surface area contributed by atoms with Crippen molar-refractivity contribution in [1.82, 2.24) is 19.4 Å². The van der Waals surface area contributed by atoms with E-state index in [4.69, 9.17) is 4.74 Å². The van der Waals surface area contributed by atoms with E-state index in [2.05, 4.69) is 14.9 Å². The predicted octanol–water partition coefficient (Wildman–Crippen LogP) is 1.54. The average molecular weight is 326 g/mol. The highest BCUT2D eigenvalue weighted by Crippen LogP contribution is 2.47. The number of nitrogens with zero attached hydrogens (tertiary/aromatic N) is 4. The lowest BCUT2D eigenvalue weighted by Gasteiger charge is -2.18. The Hall–Kier alpha value is -1.95. The Balaban J connectivity index is 1.25. The summed E-state index contributed by atoms with van der Waals surface area (Å²) in [6.07, 6.45) is 6.14. The van der Waals surface area contributed by atoms with Gasteiger partial charge in [-0.15, -0.1) is 0 Å². The Kier molecular flexibility index (Phi) is 3.16. The number of hydrogen-bond acceptors (Lipinski definition) is 4. The number of carbonyl (C=O) groups excluding carboxylic acids is 1. The highest BCUT2D eigenvalue weighted by Gasteiger charge is 2.53. The fourth-order valence-corrected chi connectivity index (χ4v) is 4.83. The van der Waals surface area contributed by atoms with E-state index in [0.717, 1.165) is 30.1 Å². The monoisotopic (exact) mass is 326 g/mol. The third kappa shape index (κ3) is 2.09. The van der Waals surface area contributed by atoms with E-state index in [-0.39, 0.29) is 5.91 Å². The quantitative estimate of drug-likeness (QED) is 0.858. The summed E-state index contributed by atoms with van der Waals surface area (Å²) in [6, 6.07) is 3.86. The molecule has 3 saturated heterocycles. The third-order valence-electron chi connectivity index (χ3n) is 6.09. The van der Waals surface area contributed by atoms with Crippen molar-refractivity contribution in [3.63, 3.8) is 0 Å². The van der Waals surface area contributed by atoms with Crippen LogP contribution in [0.5, 0.6) is 0 Å². The maximum atomic E-state index is 12.6. The van der Waals surface area contributed by atoms with E-state index in [1.54, 1.807) is 6.20 Å². The van der Waals surface area contributed by atoms with E-state index in [9.17, 15) is 4.79 Å². The van der Waals surface area contributed by atoms with Gasteiger partial charge in [0, 0.05) is 51.0 Å². The molecule has 24 heavy (non-hydrogen) atoms. The summed E-state index contributed by atoms with van der Waals surface area (Å²) in [4.78, 5) is 23.7. The van der Waals surface area contributed by atoms with Crippen LogP contribution < -0.4 is 0 Å². The first-order chi connectivity index (χ1) is 11.7. The van der Waals surface area contributed by atoms with E-state index in [1.165, 1.54) is 12.8 Å². The van der Waals surface area contributed by atoms with Gasteiger partial charge in [0.05, 0.1) is 12.2 Å². The number of aryl methyl sites for hydroxylation is 2. The Labute approximate surface area is 140 Å². The summed E-state index contributed by atoms with van der Waals surface area (Å²) in [7, 11) is 1.97. The molecule has 3 fully saturated rings. The second-order valence-electron chi connectivity index (χ2n) is 7.35. The van der Waals surface area contributed by atoms with E-state index in [1.807, 2.05) is 23.7 Å². The molecule has 3 aliphatic heterocycles. The number of fused-ring (bicyclic) bond motifs is 6. The number of aromatic nitrogens is 3. The van der Waals surface area contributed by atoms with Crippen LogP contribution in [0.1, 0.15) is 25.1 Å². The first-order valence-electron chi connectivity index (χ1n) is 8.90. The number of ether oxygens (including phenoxy) is 1. The second-order valence-corrected chi connectivity index (χ2v) is 7.35. The number of amides is 1. The minimum Gasteiger partial charge on any atom is -0.374 e. The average Bonchev–Trinajstić information content (AvgIpc) is 3.34. The van der Waals surface area contributed by atoms with Crippen LogP contribution in [-0.4, -0.2) is 50.6 Å². The molecule has 0 N–H and O–H groups in total. The zero-order valence-electron chi connectivity index (χ0n) is 13.9. The van der Waals surface area contributed by atoms with Crippen LogP contribution in [0.3, 0.4) is 0 Å². The Morgan fingerprint density at radius 1 is 1.29 bits per heavy atom. The van der Waals surface area contributed by atoms with Gasteiger partial charge in [0.25, 0.3) is 0 Å². The number of pyridine rings is 1. The molecule has 5 heterocycles. The molecule has 0 radical (unpaired) electrons. The molecule has 126 valence electrons. The fraction of sp³-hybridized carbons (Fsp3) is 0.611. The van der Waals surface area contributed by atoms with Crippen LogP contribution in [-0.2, 0) is 23.0 Å². The van der Waals surface area contributed by atoms with Crippen molar-refractivity contribution in [2.45, 2.75) is 37.9 Å². The van der Waals surface area contributed by atoms with Crippen molar-refractivity contribution in [3.05, 3.63) is 24.2 Å². The van der Waals surface area contributed by atoms with Gasteiger partial charge in [-0.3, -0.25) is 4.79 Å². The minimum atomic E-state index is 0.254.